The van der Waals surface area contributed by atoms with E-state index in [0.717, 1.165) is 11.1 Å². The molecular formula is C11H16N2O5. The van der Waals surface area contributed by atoms with Crippen molar-refractivity contribution in [2.24, 2.45) is 0 Å². The Morgan fingerprint density at radius 3 is 2.61 bits per heavy atom. The van der Waals surface area contributed by atoms with Crippen LogP contribution in [0.3, 0.4) is 0 Å². The lowest BCUT2D eigenvalue weighted by molar-refractivity contribution is -0.0951. The number of aromatic hydroxyl groups is 1. The van der Waals surface area contributed by atoms with Crippen LogP contribution < -0.4 is 10.4 Å². The van der Waals surface area contributed by atoms with Crippen molar-refractivity contribution < 1.29 is 19.6 Å². The second-order valence-electron chi connectivity index (χ2n) is 3.48. The molecule has 0 aliphatic carbocycles. The van der Waals surface area contributed by atoms with Gasteiger partial charge in [0.2, 0.25) is 5.88 Å². The molecule has 1 aromatic heterocycles. The van der Waals surface area contributed by atoms with E-state index >= 15 is 0 Å². The number of carbonyl (C=O) groups excluding carboxylic acids is 1. The van der Waals surface area contributed by atoms with E-state index < -0.39 is 17.3 Å². The third-order valence-corrected chi connectivity index (χ3v) is 2.31. The quantitative estimate of drug-likeness (QED) is 0.751. The van der Waals surface area contributed by atoms with Crippen LogP contribution in [0.1, 0.15) is 23.7 Å². The fourth-order valence-corrected chi connectivity index (χ4v) is 1.47. The van der Waals surface area contributed by atoms with Crippen molar-refractivity contribution in [2.45, 2.75) is 13.3 Å². The smallest absolute Gasteiger partial charge is 0.286 e. The Labute approximate surface area is 104 Å². The van der Waals surface area contributed by atoms with Gasteiger partial charge in [0.1, 0.15) is 12.7 Å². The zero-order valence-corrected chi connectivity index (χ0v) is 10.5. The van der Waals surface area contributed by atoms with E-state index in [0.29, 0.717) is 17.7 Å². The van der Waals surface area contributed by atoms with Crippen molar-refractivity contribution in [3.05, 3.63) is 28.0 Å². The molecule has 0 bridgehead atoms. The maximum absolute atomic E-state index is 12.0. The molecule has 0 aromatic carbocycles. The summed E-state index contributed by atoms with van der Waals surface area (Å²) >= 11 is 0. The number of pyridine rings is 1. The van der Waals surface area contributed by atoms with Crippen molar-refractivity contribution in [3.8, 4) is 5.88 Å². The van der Waals surface area contributed by atoms with Crippen LogP contribution in [0.5, 0.6) is 5.88 Å². The van der Waals surface area contributed by atoms with Gasteiger partial charge in [-0.3, -0.25) is 14.4 Å². The molecule has 1 aromatic rings. The molecule has 7 nitrogen and oxygen atoms in total. The monoisotopic (exact) mass is 256 g/mol. The van der Waals surface area contributed by atoms with Crippen LogP contribution in [-0.4, -0.2) is 41.6 Å². The second kappa shape index (κ2) is 6.06. The standard InChI is InChI=1S/C11H16N2O5/c1-4-7-12(17-2)10(15)8-5-6-9(14)13(18-3)11(8)16/h5-6,16H,4,7H2,1-3H3. The number of rotatable bonds is 5. The Hall–Kier alpha value is -2.02. The van der Waals surface area contributed by atoms with Crippen LogP contribution in [0, 0.1) is 0 Å². The average Bonchev–Trinajstić information content (AvgIpc) is 2.36. The molecule has 7 heteroatoms. The van der Waals surface area contributed by atoms with E-state index in [1.54, 1.807) is 0 Å². The molecule has 0 saturated heterocycles. The molecule has 18 heavy (non-hydrogen) atoms. The lowest BCUT2D eigenvalue weighted by Gasteiger charge is -2.19. The van der Waals surface area contributed by atoms with Crippen LogP contribution in [0.25, 0.3) is 0 Å². The summed E-state index contributed by atoms with van der Waals surface area (Å²) in [6.07, 6.45) is 0.699. The Morgan fingerprint density at radius 2 is 2.11 bits per heavy atom. The Morgan fingerprint density at radius 1 is 1.44 bits per heavy atom. The minimum Gasteiger partial charge on any atom is -0.492 e. The third-order valence-electron chi connectivity index (χ3n) is 2.31. The Bertz CT molecular complexity index is 483. The molecule has 0 radical (unpaired) electrons. The molecule has 0 fully saturated rings. The van der Waals surface area contributed by atoms with Crippen LogP contribution in [0.2, 0.25) is 0 Å². The summed E-state index contributed by atoms with van der Waals surface area (Å²) in [4.78, 5) is 33.0. The lowest BCUT2D eigenvalue weighted by atomic mass is 10.2. The normalized spacial score (nSPS) is 10.2. The number of hydrogen-bond acceptors (Lipinski definition) is 5. The third kappa shape index (κ3) is 2.62. The van der Waals surface area contributed by atoms with Gasteiger partial charge < -0.3 is 9.94 Å². The number of aromatic nitrogens is 1. The first-order chi connectivity index (χ1) is 8.56. The van der Waals surface area contributed by atoms with E-state index in [1.165, 1.54) is 20.3 Å². The largest absolute Gasteiger partial charge is 0.492 e. The van der Waals surface area contributed by atoms with Crippen molar-refractivity contribution in [1.82, 2.24) is 9.79 Å². The van der Waals surface area contributed by atoms with Gasteiger partial charge in [0.25, 0.3) is 11.5 Å². The number of amides is 1. The van der Waals surface area contributed by atoms with E-state index in [2.05, 4.69) is 4.84 Å². The molecule has 0 atom stereocenters. The van der Waals surface area contributed by atoms with E-state index in [4.69, 9.17) is 4.84 Å². The molecule has 0 aliphatic rings. The molecule has 0 saturated carbocycles. The Balaban J connectivity index is 3.17. The first-order valence-electron chi connectivity index (χ1n) is 5.42. The summed E-state index contributed by atoms with van der Waals surface area (Å²) in [5.41, 5.74) is -0.627. The van der Waals surface area contributed by atoms with Crippen molar-refractivity contribution >= 4 is 5.91 Å². The minimum absolute atomic E-state index is 0.0632. The van der Waals surface area contributed by atoms with E-state index in [-0.39, 0.29) is 5.56 Å². The molecule has 0 aliphatic heterocycles. The highest BCUT2D eigenvalue weighted by Gasteiger charge is 2.21. The van der Waals surface area contributed by atoms with Crippen LogP contribution in [-0.2, 0) is 4.84 Å². The molecule has 1 amide bonds. The summed E-state index contributed by atoms with van der Waals surface area (Å²) in [7, 11) is 2.58. The number of hydroxylamine groups is 2. The molecule has 0 spiro atoms. The summed E-state index contributed by atoms with van der Waals surface area (Å²) in [6, 6.07) is 2.37. The van der Waals surface area contributed by atoms with Crippen molar-refractivity contribution in [2.75, 3.05) is 20.8 Å². The molecular weight excluding hydrogens is 240 g/mol. The first-order valence-corrected chi connectivity index (χ1v) is 5.42. The van der Waals surface area contributed by atoms with Gasteiger partial charge in [-0.25, -0.2) is 5.06 Å². The fraction of sp³-hybridized carbons (Fsp3) is 0.455. The molecule has 100 valence electrons. The van der Waals surface area contributed by atoms with E-state index in [1.807, 2.05) is 6.92 Å². The summed E-state index contributed by atoms with van der Waals surface area (Å²) < 4.78 is 0.632. The topological polar surface area (TPSA) is 81.0 Å². The van der Waals surface area contributed by atoms with Gasteiger partial charge in [-0.2, -0.15) is 0 Å². The van der Waals surface area contributed by atoms with E-state index in [9.17, 15) is 14.7 Å². The highest BCUT2D eigenvalue weighted by Crippen LogP contribution is 2.16. The second-order valence-corrected chi connectivity index (χ2v) is 3.48. The highest BCUT2D eigenvalue weighted by molar-refractivity contribution is 5.95. The Kier molecular flexibility index (Phi) is 4.73. The number of hydrogen-bond donors (Lipinski definition) is 1. The average molecular weight is 256 g/mol. The van der Waals surface area contributed by atoms with Gasteiger partial charge >= 0.3 is 0 Å². The summed E-state index contributed by atoms with van der Waals surface area (Å²) in [6.45, 7) is 2.26. The van der Waals surface area contributed by atoms with Gasteiger partial charge in [0, 0.05) is 12.6 Å². The SMILES string of the molecule is CCCN(OC)C(=O)c1ccc(=O)n(OC)c1O. The zero-order valence-electron chi connectivity index (χ0n) is 10.5. The molecule has 1 N–H and O–H groups in total. The van der Waals surface area contributed by atoms with Crippen molar-refractivity contribution in [1.29, 1.82) is 0 Å². The molecule has 0 unspecified atom stereocenters. The van der Waals surface area contributed by atoms with Gasteiger partial charge in [-0.05, 0) is 12.5 Å². The van der Waals surface area contributed by atoms with Crippen LogP contribution in [0.4, 0.5) is 0 Å². The highest BCUT2D eigenvalue weighted by atomic mass is 16.7. The van der Waals surface area contributed by atoms with Gasteiger partial charge in [0.05, 0.1) is 7.11 Å². The zero-order chi connectivity index (χ0) is 13.7. The maximum Gasteiger partial charge on any atom is 0.286 e. The van der Waals surface area contributed by atoms with Gasteiger partial charge in [0.15, 0.2) is 0 Å². The van der Waals surface area contributed by atoms with Gasteiger partial charge in [-0.15, -0.1) is 4.73 Å². The fourth-order valence-electron chi connectivity index (χ4n) is 1.47. The predicted octanol–water partition coefficient (Wildman–Crippen LogP) is 0.0259. The minimum atomic E-state index is -0.564. The lowest BCUT2D eigenvalue weighted by Crippen LogP contribution is -2.33. The molecule has 1 rings (SSSR count). The summed E-state index contributed by atoms with van der Waals surface area (Å²) in [5.74, 6) is -1.09. The van der Waals surface area contributed by atoms with Crippen LogP contribution in [0.15, 0.2) is 16.9 Å². The van der Waals surface area contributed by atoms with Crippen molar-refractivity contribution in [3.63, 3.8) is 0 Å². The number of carbonyl (C=O) groups is 1. The first kappa shape index (κ1) is 14.0. The number of nitrogens with zero attached hydrogens (tertiary/aromatic N) is 2. The predicted molar refractivity (Wildman–Crippen MR) is 63.2 cm³/mol. The van der Waals surface area contributed by atoms with Crippen LogP contribution >= 0.6 is 0 Å². The summed E-state index contributed by atoms with van der Waals surface area (Å²) in [5, 5.41) is 10.9. The van der Waals surface area contributed by atoms with Gasteiger partial charge in [-0.1, -0.05) is 6.92 Å². The molecule has 1 heterocycles. The maximum atomic E-state index is 12.0.